The van der Waals surface area contributed by atoms with E-state index in [4.69, 9.17) is 17.3 Å². The number of nitrogens with two attached hydrogens (primary N) is 1. The van der Waals surface area contributed by atoms with Crippen molar-refractivity contribution in [3.8, 4) is 0 Å². The van der Waals surface area contributed by atoms with Gasteiger partial charge in [-0.3, -0.25) is 0 Å². The van der Waals surface area contributed by atoms with Crippen molar-refractivity contribution in [2.75, 3.05) is 6.54 Å². The Bertz CT molecular complexity index is 404. The molecule has 1 aliphatic rings. The Hall–Kier alpha value is -0.0900. The highest BCUT2D eigenvalue weighted by Crippen LogP contribution is 2.47. The summed E-state index contributed by atoms with van der Waals surface area (Å²) in [6, 6.07) is 5.61. The summed E-state index contributed by atoms with van der Waals surface area (Å²) in [7, 11) is 0. The maximum Gasteiger partial charge on any atom is 0.0858 e. The second-order valence-electron chi connectivity index (χ2n) is 4.85. The second-order valence-corrected chi connectivity index (χ2v) is 6.11. The van der Waals surface area contributed by atoms with E-state index in [0.29, 0.717) is 11.6 Å². The molecule has 17 heavy (non-hydrogen) atoms. The first kappa shape index (κ1) is 13.3. The van der Waals surface area contributed by atoms with Crippen LogP contribution in [-0.4, -0.2) is 11.7 Å². The highest BCUT2D eigenvalue weighted by atomic mass is 79.9. The van der Waals surface area contributed by atoms with Crippen molar-refractivity contribution >= 4 is 27.5 Å². The van der Waals surface area contributed by atoms with Crippen LogP contribution in [0.3, 0.4) is 0 Å². The quantitative estimate of drug-likeness (QED) is 0.893. The van der Waals surface area contributed by atoms with E-state index in [1.165, 1.54) is 0 Å². The van der Waals surface area contributed by atoms with E-state index in [1.54, 1.807) is 0 Å². The van der Waals surface area contributed by atoms with Crippen molar-refractivity contribution in [2.45, 2.75) is 31.8 Å². The van der Waals surface area contributed by atoms with Crippen LogP contribution < -0.4 is 5.73 Å². The number of aliphatic hydroxyl groups excluding tert-OH is 1. The van der Waals surface area contributed by atoms with Gasteiger partial charge in [0.2, 0.25) is 0 Å². The molecular formula is C13H17BrClNO. The molecule has 0 bridgehead atoms. The highest BCUT2D eigenvalue weighted by molar-refractivity contribution is 9.10. The zero-order valence-electron chi connectivity index (χ0n) is 9.63. The zero-order chi connectivity index (χ0) is 12.5. The van der Waals surface area contributed by atoms with Gasteiger partial charge in [-0.25, -0.2) is 0 Å². The normalized spacial score (nSPS) is 20.5. The van der Waals surface area contributed by atoms with Crippen LogP contribution in [0.4, 0.5) is 0 Å². The number of aliphatic hydroxyl groups is 1. The molecule has 0 amide bonds. The molecule has 2 nitrogen and oxygen atoms in total. The summed E-state index contributed by atoms with van der Waals surface area (Å²) >= 11 is 9.42. The molecular weight excluding hydrogens is 302 g/mol. The van der Waals surface area contributed by atoms with Crippen molar-refractivity contribution in [1.29, 1.82) is 0 Å². The first-order valence-electron chi connectivity index (χ1n) is 5.92. The Morgan fingerprint density at radius 2 is 2.06 bits per heavy atom. The molecule has 1 saturated carbocycles. The predicted octanol–water partition coefficient (Wildman–Crippen LogP) is 3.66. The summed E-state index contributed by atoms with van der Waals surface area (Å²) in [4.78, 5) is 0. The van der Waals surface area contributed by atoms with Gasteiger partial charge in [0.25, 0.3) is 0 Å². The van der Waals surface area contributed by atoms with Crippen molar-refractivity contribution in [3.05, 3.63) is 33.3 Å². The SMILES string of the molecule is NCC1(C(O)c2ccc(Br)c(Cl)c2)CCCC1. The largest absolute Gasteiger partial charge is 0.388 e. The lowest BCUT2D eigenvalue weighted by Gasteiger charge is -2.33. The van der Waals surface area contributed by atoms with Crippen molar-refractivity contribution < 1.29 is 5.11 Å². The first-order chi connectivity index (χ1) is 8.09. The molecule has 94 valence electrons. The highest BCUT2D eigenvalue weighted by Gasteiger charge is 2.40. The molecule has 2 rings (SSSR count). The van der Waals surface area contributed by atoms with E-state index in [1.807, 2.05) is 18.2 Å². The number of hydrogen-bond donors (Lipinski definition) is 2. The van der Waals surface area contributed by atoms with Gasteiger partial charge in [0.1, 0.15) is 0 Å². The van der Waals surface area contributed by atoms with E-state index in [0.717, 1.165) is 35.7 Å². The number of rotatable bonds is 3. The fraction of sp³-hybridized carbons (Fsp3) is 0.538. The molecule has 1 unspecified atom stereocenters. The molecule has 1 aliphatic carbocycles. The average molecular weight is 319 g/mol. The van der Waals surface area contributed by atoms with Gasteiger partial charge in [-0.2, -0.15) is 0 Å². The summed E-state index contributed by atoms with van der Waals surface area (Å²) in [5.41, 5.74) is 6.58. The van der Waals surface area contributed by atoms with E-state index in [-0.39, 0.29) is 5.41 Å². The van der Waals surface area contributed by atoms with Gasteiger partial charge >= 0.3 is 0 Å². The van der Waals surface area contributed by atoms with Crippen molar-refractivity contribution in [2.24, 2.45) is 11.1 Å². The molecule has 1 aromatic rings. The number of halogens is 2. The second kappa shape index (κ2) is 5.27. The van der Waals surface area contributed by atoms with Crippen LogP contribution in [0.1, 0.15) is 37.4 Å². The summed E-state index contributed by atoms with van der Waals surface area (Å²) in [6.07, 6.45) is 3.79. The Morgan fingerprint density at radius 1 is 1.41 bits per heavy atom. The molecule has 1 aromatic carbocycles. The molecule has 4 heteroatoms. The minimum absolute atomic E-state index is 0.156. The fourth-order valence-electron chi connectivity index (χ4n) is 2.70. The maximum absolute atomic E-state index is 10.5. The monoisotopic (exact) mass is 317 g/mol. The van der Waals surface area contributed by atoms with Crippen molar-refractivity contribution in [1.82, 2.24) is 0 Å². The molecule has 3 N–H and O–H groups in total. The van der Waals surface area contributed by atoms with E-state index >= 15 is 0 Å². The van der Waals surface area contributed by atoms with Gasteiger partial charge in [-0.1, -0.05) is 30.5 Å². The predicted molar refractivity (Wildman–Crippen MR) is 74.1 cm³/mol. The Labute approximate surface area is 115 Å². The van der Waals surface area contributed by atoms with Crippen LogP contribution in [0, 0.1) is 5.41 Å². The van der Waals surface area contributed by atoms with Crippen LogP contribution in [0.2, 0.25) is 5.02 Å². The minimum atomic E-state index is -0.513. The van der Waals surface area contributed by atoms with Crippen LogP contribution in [0.5, 0.6) is 0 Å². The Morgan fingerprint density at radius 3 is 2.59 bits per heavy atom. The molecule has 0 saturated heterocycles. The van der Waals surface area contributed by atoms with Gasteiger partial charge in [-0.15, -0.1) is 0 Å². The minimum Gasteiger partial charge on any atom is -0.388 e. The van der Waals surface area contributed by atoms with Gasteiger partial charge in [0.05, 0.1) is 11.1 Å². The molecule has 0 aliphatic heterocycles. The summed E-state index contributed by atoms with van der Waals surface area (Å²) in [5.74, 6) is 0. The third kappa shape index (κ3) is 2.53. The Balaban J connectivity index is 2.29. The molecule has 0 radical (unpaired) electrons. The third-order valence-electron chi connectivity index (χ3n) is 3.85. The summed E-state index contributed by atoms with van der Waals surface area (Å²) < 4.78 is 0.850. The van der Waals surface area contributed by atoms with Gasteiger partial charge < -0.3 is 10.8 Å². The van der Waals surface area contributed by atoms with Crippen LogP contribution in [0.15, 0.2) is 22.7 Å². The standard InChI is InChI=1S/C13H17BrClNO/c14-10-4-3-9(7-11(10)15)12(17)13(8-16)5-1-2-6-13/h3-4,7,12,17H,1-2,5-6,8,16H2. The summed E-state index contributed by atoms with van der Waals surface area (Å²) in [6.45, 7) is 0.530. The van der Waals surface area contributed by atoms with Gasteiger partial charge in [0.15, 0.2) is 0 Å². The lowest BCUT2D eigenvalue weighted by Crippen LogP contribution is -2.34. The maximum atomic E-state index is 10.5. The zero-order valence-corrected chi connectivity index (χ0v) is 12.0. The average Bonchev–Trinajstić information content (AvgIpc) is 2.81. The molecule has 0 spiro atoms. The first-order valence-corrected chi connectivity index (χ1v) is 7.09. The summed E-state index contributed by atoms with van der Waals surface area (Å²) in [5, 5.41) is 11.2. The van der Waals surface area contributed by atoms with Gasteiger partial charge in [0, 0.05) is 16.4 Å². The lowest BCUT2D eigenvalue weighted by atomic mass is 9.77. The number of hydrogen-bond acceptors (Lipinski definition) is 2. The molecule has 0 heterocycles. The van der Waals surface area contributed by atoms with Crippen molar-refractivity contribution in [3.63, 3.8) is 0 Å². The van der Waals surface area contributed by atoms with Crippen LogP contribution >= 0.6 is 27.5 Å². The van der Waals surface area contributed by atoms with Crippen LogP contribution in [-0.2, 0) is 0 Å². The molecule has 0 aromatic heterocycles. The molecule has 1 fully saturated rings. The fourth-order valence-corrected chi connectivity index (χ4v) is 3.14. The topological polar surface area (TPSA) is 46.2 Å². The number of benzene rings is 1. The van der Waals surface area contributed by atoms with Crippen LogP contribution in [0.25, 0.3) is 0 Å². The third-order valence-corrected chi connectivity index (χ3v) is 5.08. The Kier molecular flexibility index (Phi) is 4.14. The van der Waals surface area contributed by atoms with E-state index in [2.05, 4.69) is 15.9 Å². The van der Waals surface area contributed by atoms with E-state index in [9.17, 15) is 5.11 Å². The smallest absolute Gasteiger partial charge is 0.0858 e. The lowest BCUT2D eigenvalue weighted by molar-refractivity contribution is 0.0333. The van der Waals surface area contributed by atoms with E-state index < -0.39 is 6.10 Å². The van der Waals surface area contributed by atoms with Gasteiger partial charge in [-0.05, 0) is 46.5 Å². The molecule has 1 atom stereocenters.